The number of ether oxygens (including phenoxy) is 1. The van der Waals surface area contributed by atoms with Crippen LogP contribution in [0.5, 0.6) is 0 Å². The smallest absolute Gasteiger partial charge is 0.121 e. The van der Waals surface area contributed by atoms with E-state index in [-0.39, 0.29) is 11.0 Å². The molecule has 1 aliphatic heterocycles. The molecule has 1 aromatic rings. The maximum Gasteiger partial charge on any atom is 0.121 e. The summed E-state index contributed by atoms with van der Waals surface area (Å²) in [5.41, 5.74) is 1.30. The zero-order valence-corrected chi connectivity index (χ0v) is 14.7. The SMILES string of the molecule is CCCCC1(O[C@@H](CCNCC)c2ccccc2)CC=CS1. The van der Waals surface area contributed by atoms with Gasteiger partial charge in [-0.1, -0.05) is 68.4 Å². The van der Waals surface area contributed by atoms with Crippen molar-refractivity contribution in [1.29, 1.82) is 0 Å². The molecule has 0 aromatic heterocycles. The fourth-order valence-electron chi connectivity index (χ4n) is 2.82. The van der Waals surface area contributed by atoms with Gasteiger partial charge in [0.2, 0.25) is 0 Å². The second-order valence-electron chi connectivity index (χ2n) is 5.87. The van der Waals surface area contributed by atoms with Crippen LogP contribution in [0.3, 0.4) is 0 Å². The average Bonchev–Trinajstić information content (AvgIpc) is 3.02. The molecule has 0 aliphatic carbocycles. The first kappa shape index (κ1) is 17.6. The molecule has 22 heavy (non-hydrogen) atoms. The molecule has 0 amide bonds. The molecule has 1 unspecified atom stereocenters. The van der Waals surface area contributed by atoms with Crippen molar-refractivity contribution in [1.82, 2.24) is 5.32 Å². The van der Waals surface area contributed by atoms with E-state index < -0.39 is 0 Å². The maximum atomic E-state index is 6.69. The molecule has 2 rings (SSSR count). The van der Waals surface area contributed by atoms with Crippen LogP contribution in [-0.4, -0.2) is 18.0 Å². The largest absolute Gasteiger partial charge is 0.356 e. The summed E-state index contributed by atoms with van der Waals surface area (Å²) in [6.45, 7) is 6.41. The Morgan fingerprint density at radius 1 is 1.27 bits per heavy atom. The number of unbranched alkanes of at least 4 members (excludes halogenated alkanes) is 1. The van der Waals surface area contributed by atoms with E-state index in [9.17, 15) is 0 Å². The van der Waals surface area contributed by atoms with E-state index in [1.54, 1.807) is 0 Å². The molecule has 1 aromatic carbocycles. The lowest BCUT2D eigenvalue weighted by atomic mass is 10.0. The van der Waals surface area contributed by atoms with Crippen molar-refractivity contribution < 1.29 is 4.74 Å². The van der Waals surface area contributed by atoms with Gasteiger partial charge in [-0.15, -0.1) is 0 Å². The van der Waals surface area contributed by atoms with Gasteiger partial charge in [-0.05, 0) is 43.3 Å². The third-order valence-corrected chi connectivity index (χ3v) is 5.31. The molecule has 1 aliphatic rings. The number of hydrogen-bond donors (Lipinski definition) is 1. The molecule has 0 fully saturated rings. The Balaban J connectivity index is 2.06. The van der Waals surface area contributed by atoms with Crippen LogP contribution in [0.4, 0.5) is 0 Å². The number of thioether (sulfide) groups is 1. The van der Waals surface area contributed by atoms with Gasteiger partial charge in [0.15, 0.2) is 0 Å². The quantitative estimate of drug-likeness (QED) is 0.593. The highest BCUT2D eigenvalue weighted by Crippen LogP contribution is 2.45. The van der Waals surface area contributed by atoms with Crippen molar-refractivity contribution in [2.24, 2.45) is 0 Å². The summed E-state index contributed by atoms with van der Waals surface area (Å²) < 4.78 is 6.69. The van der Waals surface area contributed by atoms with Crippen molar-refractivity contribution in [3.8, 4) is 0 Å². The zero-order chi connectivity index (χ0) is 15.7. The molecular formula is C19H29NOS. The standard InChI is InChI=1S/C19H29NOS/c1-3-5-13-19(14-9-16-22-19)21-18(12-15-20-4-2)17-10-7-6-8-11-17/h6-11,16,18,20H,3-5,12-15H2,1-2H3/t18-,19?/m0/s1. The van der Waals surface area contributed by atoms with Gasteiger partial charge >= 0.3 is 0 Å². The lowest BCUT2D eigenvalue weighted by molar-refractivity contribution is -0.0425. The van der Waals surface area contributed by atoms with Gasteiger partial charge in [0.25, 0.3) is 0 Å². The predicted octanol–water partition coefficient (Wildman–Crippen LogP) is 5.28. The Hall–Kier alpha value is -0.770. The number of hydrogen-bond acceptors (Lipinski definition) is 3. The minimum Gasteiger partial charge on any atom is -0.356 e. The van der Waals surface area contributed by atoms with Gasteiger partial charge < -0.3 is 10.1 Å². The van der Waals surface area contributed by atoms with E-state index in [1.807, 2.05) is 11.8 Å². The summed E-state index contributed by atoms with van der Waals surface area (Å²) in [5, 5.41) is 5.64. The first-order valence-electron chi connectivity index (χ1n) is 8.56. The summed E-state index contributed by atoms with van der Waals surface area (Å²) in [5.74, 6) is 0. The van der Waals surface area contributed by atoms with E-state index in [0.717, 1.165) is 32.4 Å². The van der Waals surface area contributed by atoms with E-state index in [4.69, 9.17) is 4.74 Å². The van der Waals surface area contributed by atoms with Gasteiger partial charge in [-0.2, -0.15) is 0 Å². The van der Waals surface area contributed by atoms with Crippen LogP contribution in [-0.2, 0) is 4.74 Å². The van der Waals surface area contributed by atoms with Gasteiger partial charge in [0.1, 0.15) is 4.93 Å². The number of benzene rings is 1. The Morgan fingerprint density at radius 3 is 2.73 bits per heavy atom. The Labute approximate surface area is 139 Å². The number of nitrogens with one attached hydrogen (secondary N) is 1. The zero-order valence-electron chi connectivity index (χ0n) is 13.9. The highest BCUT2D eigenvalue weighted by Gasteiger charge is 2.35. The lowest BCUT2D eigenvalue weighted by Gasteiger charge is -2.33. The molecule has 1 heterocycles. The second kappa shape index (κ2) is 9.39. The van der Waals surface area contributed by atoms with Gasteiger partial charge in [0, 0.05) is 6.42 Å². The van der Waals surface area contributed by atoms with Crippen LogP contribution in [0.15, 0.2) is 41.8 Å². The van der Waals surface area contributed by atoms with Crippen LogP contribution >= 0.6 is 11.8 Å². The third kappa shape index (κ3) is 5.15. The van der Waals surface area contributed by atoms with E-state index in [1.165, 1.54) is 18.4 Å². The predicted molar refractivity (Wildman–Crippen MR) is 97.0 cm³/mol. The molecule has 3 heteroatoms. The highest BCUT2D eigenvalue weighted by molar-refractivity contribution is 8.03. The summed E-state index contributed by atoms with van der Waals surface area (Å²) in [4.78, 5) is -0.0528. The Kier molecular flexibility index (Phi) is 7.50. The molecule has 0 spiro atoms. The lowest BCUT2D eigenvalue weighted by Crippen LogP contribution is -2.29. The number of rotatable bonds is 10. The molecular weight excluding hydrogens is 290 g/mol. The first-order valence-corrected chi connectivity index (χ1v) is 9.44. The van der Waals surface area contributed by atoms with Crippen molar-refractivity contribution in [3.63, 3.8) is 0 Å². The topological polar surface area (TPSA) is 21.3 Å². The molecule has 2 nitrogen and oxygen atoms in total. The summed E-state index contributed by atoms with van der Waals surface area (Å²) >= 11 is 1.87. The van der Waals surface area contributed by atoms with Crippen molar-refractivity contribution in [2.45, 2.75) is 57.0 Å². The van der Waals surface area contributed by atoms with Crippen molar-refractivity contribution >= 4 is 11.8 Å². The highest BCUT2D eigenvalue weighted by atomic mass is 32.2. The summed E-state index contributed by atoms with van der Waals surface area (Å²) in [6, 6.07) is 10.7. The van der Waals surface area contributed by atoms with Crippen LogP contribution in [0.1, 0.15) is 57.6 Å². The van der Waals surface area contributed by atoms with Crippen LogP contribution in [0, 0.1) is 0 Å². The monoisotopic (exact) mass is 319 g/mol. The van der Waals surface area contributed by atoms with Crippen LogP contribution < -0.4 is 5.32 Å². The van der Waals surface area contributed by atoms with E-state index >= 15 is 0 Å². The average molecular weight is 320 g/mol. The van der Waals surface area contributed by atoms with E-state index in [2.05, 4.69) is 61.0 Å². The fraction of sp³-hybridized carbons (Fsp3) is 0.579. The van der Waals surface area contributed by atoms with E-state index in [0.29, 0.717) is 0 Å². The first-order chi connectivity index (χ1) is 10.8. The van der Waals surface area contributed by atoms with Crippen molar-refractivity contribution in [2.75, 3.05) is 13.1 Å². The molecule has 122 valence electrons. The summed E-state index contributed by atoms with van der Waals surface area (Å²) in [7, 11) is 0. The minimum atomic E-state index is -0.0528. The molecule has 0 bridgehead atoms. The Bertz CT molecular complexity index is 438. The van der Waals surface area contributed by atoms with Crippen molar-refractivity contribution in [3.05, 3.63) is 47.4 Å². The van der Waals surface area contributed by atoms with Gasteiger partial charge in [0.05, 0.1) is 6.10 Å². The second-order valence-corrected chi connectivity index (χ2v) is 7.12. The molecule has 2 atom stereocenters. The van der Waals surface area contributed by atoms with Gasteiger partial charge in [-0.3, -0.25) is 0 Å². The summed E-state index contributed by atoms with van der Waals surface area (Å²) in [6.07, 6.45) is 8.06. The third-order valence-electron chi connectivity index (χ3n) is 4.08. The normalized spacial score (nSPS) is 22.1. The van der Waals surface area contributed by atoms with Gasteiger partial charge in [-0.25, -0.2) is 0 Å². The fourth-order valence-corrected chi connectivity index (χ4v) is 3.89. The molecule has 0 saturated carbocycles. The molecule has 0 radical (unpaired) electrons. The Morgan fingerprint density at radius 2 is 2.09 bits per heavy atom. The molecule has 0 saturated heterocycles. The minimum absolute atomic E-state index is 0.0528. The van der Waals surface area contributed by atoms with Crippen LogP contribution in [0.2, 0.25) is 0 Å². The maximum absolute atomic E-state index is 6.69. The van der Waals surface area contributed by atoms with Crippen LogP contribution in [0.25, 0.3) is 0 Å². The molecule has 1 N–H and O–H groups in total.